The van der Waals surface area contributed by atoms with E-state index in [1.54, 1.807) is 4.90 Å². The molecule has 9 heteroatoms. The Bertz CT molecular complexity index is 794. The molecule has 3 rings (SSSR count). The first kappa shape index (κ1) is 19.9. The van der Waals surface area contributed by atoms with E-state index in [4.69, 9.17) is 27.9 Å². The highest BCUT2D eigenvalue weighted by Crippen LogP contribution is 2.32. The lowest BCUT2D eigenvalue weighted by atomic mass is 10.0. The van der Waals surface area contributed by atoms with E-state index in [9.17, 15) is 13.2 Å². The summed E-state index contributed by atoms with van der Waals surface area (Å²) in [5.41, 5.74) is 0.177. The predicted molar refractivity (Wildman–Crippen MR) is 100 cm³/mol. The molecule has 0 saturated carbocycles. The van der Waals surface area contributed by atoms with Crippen LogP contribution in [0.1, 0.15) is 36.5 Å². The van der Waals surface area contributed by atoms with Crippen molar-refractivity contribution in [1.82, 2.24) is 9.21 Å². The second-order valence-corrected chi connectivity index (χ2v) is 9.34. The second-order valence-electron chi connectivity index (χ2n) is 6.62. The first-order chi connectivity index (χ1) is 12.3. The minimum Gasteiger partial charge on any atom is -0.379 e. The van der Waals surface area contributed by atoms with Crippen LogP contribution < -0.4 is 0 Å². The number of likely N-dealkylation sites (tertiary alicyclic amines) is 1. The van der Waals surface area contributed by atoms with Crippen molar-refractivity contribution >= 4 is 39.1 Å². The van der Waals surface area contributed by atoms with Crippen molar-refractivity contribution in [2.75, 3.05) is 32.8 Å². The molecule has 2 aliphatic heterocycles. The van der Waals surface area contributed by atoms with Crippen molar-refractivity contribution in [2.24, 2.45) is 0 Å². The van der Waals surface area contributed by atoms with Crippen LogP contribution in [0.5, 0.6) is 0 Å². The Morgan fingerprint density at radius 2 is 1.81 bits per heavy atom. The molecule has 0 aromatic heterocycles. The van der Waals surface area contributed by atoms with Gasteiger partial charge in [0.15, 0.2) is 0 Å². The van der Waals surface area contributed by atoms with E-state index in [2.05, 4.69) is 0 Å². The molecule has 0 radical (unpaired) electrons. The summed E-state index contributed by atoms with van der Waals surface area (Å²) in [7, 11) is -3.82. The summed E-state index contributed by atoms with van der Waals surface area (Å²) in [6.07, 6.45) is 2.94. The van der Waals surface area contributed by atoms with E-state index < -0.39 is 10.0 Å². The van der Waals surface area contributed by atoms with Gasteiger partial charge in [-0.05, 0) is 38.3 Å². The highest BCUT2D eigenvalue weighted by Gasteiger charge is 2.32. The number of carbonyl (C=O) groups is 1. The van der Waals surface area contributed by atoms with Crippen LogP contribution in [0.3, 0.4) is 0 Å². The molecule has 1 unspecified atom stereocenters. The fourth-order valence-corrected chi connectivity index (χ4v) is 5.61. The summed E-state index contributed by atoms with van der Waals surface area (Å²) < 4.78 is 32.4. The zero-order chi connectivity index (χ0) is 18.9. The molecule has 26 heavy (non-hydrogen) atoms. The van der Waals surface area contributed by atoms with Crippen molar-refractivity contribution < 1.29 is 17.9 Å². The summed E-state index contributed by atoms with van der Waals surface area (Å²) in [5, 5.41) is 0.184. The molecule has 0 spiro atoms. The van der Waals surface area contributed by atoms with Crippen LogP contribution in [-0.4, -0.2) is 62.4 Å². The lowest BCUT2D eigenvalue weighted by molar-refractivity contribution is 0.0635. The zero-order valence-corrected chi connectivity index (χ0v) is 16.9. The average Bonchev–Trinajstić information content (AvgIpc) is 2.62. The quantitative estimate of drug-likeness (QED) is 0.753. The second kappa shape index (κ2) is 8.02. The first-order valence-electron chi connectivity index (χ1n) is 8.70. The van der Waals surface area contributed by atoms with Crippen molar-refractivity contribution in [1.29, 1.82) is 0 Å². The van der Waals surface area contributed by atoms with Gasteiger partial charge in [0.1, 0.15) is 4.90 Å². The van der Waals surface area contributed by atoms with Gasteiger partial charge in [0, 0.05) is 25.7 Å². The molecule has 0 N–H and O–H groups in total. The van der Waals surface area contributed by atoms with Gasteiger partial charge in [-0.1, -0.05) is 23.2 Å². The zero-order valence-electron chi connectivity index (χ0n) is 14.6. The van der Waals surface area contributed by atoms with Gasteiger partial charge in [-0.25, -0.2) is 8.42 Å². The van der Waals surface area contributed by atoms with Gasteiger partial charge in [-0.15, -0.1) is 0 Å². The smallest absolute Gasteiger partial charge is 0.255 e. The van der Waals surface area contributed by atoms with Gasteiger partial charge in [0.05, 0.1) is 28.8 Å². The molecule has 6 nitrogen and oxygen atoms in total. The lowest BCUT2D eigenvalue weighted by Crippen LogP contribution is -2.42. The van der Waals surface area contributed by atoms with Gasteiger partial charge in [0.25, 0.3) is 5.91 Å². The van der Waals surface area contributed by atoms with E-state index in [1.807, 2.05) is 6.92 Å². The van der Waals surface area contributed by atoms with Crippen molar-refractivity contribution in [3.05, 3.63) is 27.7 Å². The number of hydrogen-bond donors (Lipinski definition) is 0. The number of piperidine rings is 1. The largest absolute Gasteiger partial charge is 0.379 e. The van der Waals surface area contributed by atoms with Crippen LogP contribution in [0.4, 0.5) is 0 Å². The SMILES string of the molecule is CC1CCCCN1C(=O)c1cc(S(=O)(=O)N2CCOCC2)c(Cl)cc1Cl. The van der Waals surface area contributed by atoms with Crippen LogP contribution >= 0.6 is 23.2 Å². The molecule has 2 heterocycles. The third-order valence-electron chi connectivity index (χ3n) is 4.90. The molecule has 2 saturated heterocycles. The maximum atomic E-state index is 13.0. The number of sulfonamides is 1. The molecule has 1 atom stereocenters. The van der Waals surface area contributed by atoms with E-state index in [-0.39, 0.29) is 45.5 Å². The van der Waals surface area contributed by atoms with Crippen LogP contribution in [0.2, 0.25) is 10.0 Å². The number of carbonyl (C=O) groups excluding carboxylic acids is 1. The normalized spacial score (nSPS) is 22.4. The Hall–Kier alpha value is -0.860. The number of halogens is 2. The van der Waals surface area contributed by atoms with Crippen LogP contribution in [0.15, 0.2) is 17.0 Å². The first-order valence-corrected chi connectivity index (χ1v) is 10.9. The Morgan fingerprint density at radius 3 is 2.46 bits per heavy atom. The molecule has 0 bridgehead atoms. The fraction of sp³-hybridized carbons (Fsp3) is 0.588. The van der Waals surface area contributed by atoms with Crippen molar-refractivity contribution in [3.8, 4) is 0 Å². The fourth-order valence-electron chi connectivity index (χ4n) is 3.37. The molecule has 2 aliphatic rings. The molecular formula is C17H22Cl2N2O4S. The van der Waals surface area contributed by atoms with Crippen LogP contribution in [0, 0.1) is 0 Å². The van der Waals surface area contributed by atoms with Gasteiger partial charge in [-0.2, -0.15) is 4.31 Å². The van der Waals surface area contributed by atoms with E-state index in [1.165, 1.54) is 16.4 Å². The maximum absolute atomic E-state index is 13.0. The highest BCUT2D eigenvalue weighted by atomic mass is 35.5. The van der Waals surface area contributed by atoms with Gasteiger partial charge in [0.2, 0.25) is 10.0 Å². The lowest BCUT2D eigenvalue weighted by Gasteiger charge is -2.34. The Morgan fingerprint density at radius 1 is 1.12 bits per heavy atom. The van der Waals surface area contributed by atoms with E-state index in [0.717, 1.165) is 19.3 Å². The number of morpholine rings is 1. The number of amides is 1. The third kappa shape index (κ3) is 3.87. The summed E-state index contributed by atoms with van der Waals surface area (Å²) in [4.78, 5) is 14.6. The van der Waals surface area contributed by atoms with Crippen LogP contribution in [0.25, 0.3) is 0 Å². The minimum atomic E-state index is -3.82. The molecule has 0 aliphatic carbocycles. The monoisotopic (exact) mass is 420 g/mol. The highest BCUT2D eigenvalue weighted by molar-refractivity contribution is 7.89. The van der Waals surface area contributed by atoms with Crippen molar-refractivity contribution in [3.63, 3.8) is 0 Å². The molecular weight excluding hydrogens is 399 g/mol. The van der Waals surface area contributed by atoms with Crippen molar-refractivity contribution in [2.45, 2.75) is 37.1 Å². The van der Waals surface area contributed by atoms with Gasteiger partial charge < -0.3 is 9.64 Å². The summed E-state index contributed by atoms with van der Waals surface area (Å²) in [6, 6.07) is 2.76. The maximum Gasteiger partial charge on any atom is 0.255 e. The standard InChI is InChI=1S/C17H22Cl2N2O4S/c1-12-4-2-3-5-21(12)17(22)13-10-16(15(19)11-14(13)18)26(23,24)20-6-8-25-9-7-20/h10-12H,2-9H2,1H3. The Labute approximate surface area is 164 Å². The van der Waals surface area contributed by atoms with Gasteiger partial charge >= 0.3 is 0 Å². The summed E-state index contributed by atoms with van der Waals surface area (Å²) in [5.74, 6) is -0.253. The number of nitrogens with zero attached hydrogens (tertiary/aromatic N) is 2. The average molecular weight is 421 g/mol. The topological polar surface area (TPSA) is 66.9 Å². The molecule has 1 amide bonds. The van der Waals surface area contributed by atoms with Crippen LogP contribution in [-0.2, 0) is 14.8 Å². The number of ether oxygens (including phenoxy) is 1. The number of rotatable bonds is 3. The predicted octanol–water partition coefficient (Wildman–Crippen LogP) is 3.03. The summed E-state index contributed by atoms with van der Waals surface area (Å²) in [6.45, 7) is 3.82. The van der Waals surface area contributed by atoms with E-state index >= 15 is 0 Å². The van der Waals surface area contributed by atoms with E-state index in [0.29, 0.717) is 19.8 Å². The minimum absolute atomic E-state index is 0.0183. The Balaban J connectivity index is 1.98. The summed E-state index contributed by atoms with van der Waals surface area (Å²) >= 11 is 12.4. The molecule has 144 valence electrons. The number of benzene rings is 1. The molecule has 1 aromatic carbocycles. The molecule has 2 fully saturated rings. The number of hydrogen-bond acceptors (Lipinski definition) is 4. The molecule has 1 aromatic rings. The third-order valence-corrected chi connectivity index (χ3v) is 7.58. The van der Waals surface area contributed by atoms with Gasteiger partial charge in [-0.3, -0.25) is 4.79 Å². The Kier molecular flexibility index (Phi) is 6.14.